The SMILES string of the molecule is Cc1cn[nH]c1NC(=O)[C@H](N)Cc1ccccc1. The molecule has 0 aliphatic rings. The number of rotatable bonds is 4. The first kappa shape index (κ1) is 12.3. The van der Waals surface area contributed by atoms with Crippen LogP contribution in [0.5, 0.6) is 0 Å². The molecule has 2 rings (SSSR count). The van der Waals surface area contributed by atoms with E-state index in [1.165, 1.54) is 0 Å². The molecule has 5 nitrogen and oxygen atoms in total. The number of H-pyrrole nitrogens is 1. The van der Waals surface area contributed by atoms with Crippen LogP contribution in [-0.4, -0.2) is 22.1 Å². The van der Waals surface area contributed by atoms with Crippen molar-refractivity contribution < 1.29 is 4.79 Å². The highest BCUT2D eigenvalue weighted by atomic mass is 16.2. The van der Waals surface area contributed by atoms with Gasteiger partial charge in [-0.3, -0.25) is 9.89 Å². The van der Waals surface area contributed by atoms with E-state index < -0.39 is 6.04 Å². The van der Waals surface area contributed by atoms with Crippen molar-refractivity contribution in [3.05, 3.63) is 47.7 Å². The summed E-state index contributed by atoms with van der Waals surface area (Å²) in [5.41, 5.74) is 7.80. The molecule has 4 N–H and O–H groups in total. The molecule has 1 heterocycles. The largest absolute Gasteiger partial charge is 0.320 e. The van der Waals surface area contributed by atoms with Gasteiger partial charge in [-0.1, -0.05) is 30.3 Å². The maximum Gasteiger partial charge on any atom is 0.242 e. The summed E-state index contributed by atoms with van der Waals surface area (Å²) in [5, 5.41) is 9.28. The fourth-order valence-corrected chi connectivity index (χ4v) is 1.65. The van der Waals surface area contributed by atoms with Gasteiger partial charge in [0.05, 0.1) is 12.2 Å². The van der Waals surface area contributed by atoms with E-state index in [2.05, 4.69) is 15.5 Å². The molecule has 0 saturated carbocycles. The van der Waals surface area contributed by atoms with Crippen LogP contribution in [0.15, 0.2) is 36.5 Å². The average Bonchev–Trinajstić information content (AvgIpc) is 2.76. The minimum Gasteiger partial charge on any atom is -0.320 e. The molecule has 0 bridgehead atoms. The summed E-state index contributed by atoms with van der Waals surface area (Å²) in [6.07, 6.45) is 2.16. The second-order valence-electron chi connectivity index (χ2n) is 4.21. The molecule has 1 aromatic heterocycles. The van der Waals surface area contributed by atoms with Gasteiger partial charge in [0.2, 0.25) is 5.91 Å². The lowest BCUT2D eigenvalue weighted by Crippen LogP contribution is -2.37. The van der Waals surface area contributed by atoms with E-state index in [4.69, 9.17) is 5.73 Å². The van der Waals surface area contributed by atoms with Crippen LogP contribution in [0.2, 0.25) is 0 Å². The number of aromatic nitrogens is 2. The second kappa shape index (κ2) is 5.46. The molecule has 0 saturated heterocycles. The molecule has 5 heteroatoms. The van der Waals surface area contributed by atoms with E-state index in [1.807, 2.05) is 37.3 Å². The number of benzene rings is 1. The number of hydrogen-bond donors (Lipinski definition) is 3. The van der Waals surface area contributed by atoms with Crippen LogP contribution >= 0.6 is 0 Å². The first-order chi connectivity index (χ1) is 8.66. The fourth-order valence-electron chi connectivity index (χ4n) is 1.65. The molecule has 18 heavy (non-hydrogen) atoms. The van der Waals surface area contributed by atoms with Gasteiger partial charge < -0.3 is 11.1 Å². The molecule has 0 aliphatic heterocycles. The van der Waals surface area contributed by atoms with Gasteiger partial charge in [-0.25, -0.2) is 0 Å². The van der Waals surface area contributed by atoms with Gasteiger partial charge in [0, 0.05) is 5.56 Å². The summed E-state index contributed by atoms with van der Waals surface area (Å²) < 4.78 is 0. The Hall–Kier alpha value is -2.14. The van der Waals surface area contributed by atoms with Crippen LogP contribution in [0, 0.1) is 6.92 Å². The van der Waals surface area contributed by atoms with Gasteiger partial charge in [-0.2, -0.15) is 5.10 Å². The Kier molecular flexibility index (Phi) is 3.74. The number of aromatic amines is 1. The Labute approximate surface area is 105 Å². The Bertz CT molecular complexity index is 521. The standard InChI is InChI=1S/C13H16N4O/c1-9-8-15-17-12(9)16-13(18)11(14)7-10-5-3-2-4-6-10/h2-6,8,11H,7,14H2,1H3,(H2,15,16,17,18)/t11-/m1/s1. The predicted molar refractivity (Wildman–Crippen MR) is 70.1 cm³/mol. The molecule has 1 atom stereocenters. The van der Waals surface area contributed by atoms with Gasteiger partial charge >= 0.3 is 0 Å². The molecular weight excluding hydrogens is 228 g/mol. The number of nitrogens with zero attached hydrogens (tertiary/aromatic N) is 1. The van der Waals surface area contributed by atoms with E-state index >= 15 is 0 Å². The van der Waals surface area contributed by atoms with Crippen LogP contribution in [-0.2, 0) is 11.2 Å². The first-order valence-corrected chi connectivity index (χ1v) is 5.77. The quantitative estimate of drug-likeness (QED) is 0.756. The summed E-state index contributed by atoms with van der Waals surface area (Å²) >= 11 is 0. The van der Waals surface area contributed by atoms with Crippen molar-refractivity contribution in [3.63, 3.8) is 0 Å². The molecule has 2 aromatic rings. The summed E-state index contributed by atoms with van der Waals surface area (Å²) in [4.78, 5) is 11.9. The summed E-state index contributed by atoms with van der Waals surface area (Å²) in [6, 6.07) is 9.12. The number of carbonyl (C=O) groups excluding carboxylic acids is 1. The van der Waals surface area contributed by atoms with Crippen molar-refractivity contribution in [2.24, 2.45) is 5.73 Å². The minimum absolute atomic E-state index is 0.216. The summed E-state index contributed by atoms with van der Waals surface area (Å²) in [6.45, 7) is 1.86. The summed E-state index contributed by atoms with van der Waals surface area (Å²) in [5.74, 6) is 0.384. The Morgan fingerprint density at radius 1 is 1.44 bits per heavy atom. The lowest BCUT2D eigenvalue weighted by atomic mass is 10.1. The highest BCUT2D eigenvalue weighted by Gasteiger charge is 2.15. The van der Waals surface area contributed by atoms with Gasteiger partial charge in [0.1, 0.15) is 5.82 Å². The number of amides is 1. The van der Waals surface area contributed by atoms with Crippen LogP contribution in [0.3, 0.4) is 0 Å². The molecule has 0 radical (unpaired) electrons. The zero-order valence-electron chi connectivity index (χ0n) is 10.2. The van der Waals surface area contributed by atoms with Crippen LogP contribution < -0.4 is 11.1 Å². The monoisotopic (exact) mass is 244 g/mol. The van der Waals surface area contributed by atoms with Crippen LogP contribution in [0.25, 0.3) is 0 Å². The molecule has 0 spiro atoms. The lowest BCUT2D eigenvalue weighted by molar-refractivity contribution is -0.117. The minimum atomic E-state index is -0.574. The summed E-state index contributed by atoms with van der Waals surface area (Å²) in [7, 11) is 0. The molecule has 0 unspecified atom stereocenters. The molecule has 1 aromatic carbocycles. The topological polar surface area (TPSA) is 83.8 Å². The van der Waals surface area contributed by atoms with Gasteiger partial charge in [-0.05, 0) is 18.9 Å². The molecule has 0 fully saturated rings. The van der Waals surface area contributed by atoms with Crippen LogP contribution in [0.4, 0.5) is 5.82 Å². The Balaban J connectivity index is 1.95. The third-order valence-electron chi connectivity index (χ3n) is 2.71. The zero-order chi connectivity index (χ0) is 13.0. The van der Waals surface area contributed by atoms with Crippen LogP contribution in [0.1, 0.15) is 11.1 Å². The highest BCUT2D eigenvalue weighted by molar-refractivity contribution is 5.94. The van der Waals surface area contributed by atoms with Crippen molar-refractivity contribution in [3.8, 4) is 0 Å². The van der Waals surface area contributed by atoms with Gasteiger partial charge in [0.25, 0.3) is 0 Å². The molecule has 1 amide bonds. The molecule has 0 aliphatic carbocycles. The number of anilines is 1. The first-order valence-electron chi connectivity index (χ1n) is 5.77. The molecular formula is C13H16N4O. The van der Waals surface area contributed by atoms with E-state index in [0.29, 0.717) is 12.2 Å². The van der Waals surface area contributed by atoms with E-state index in [-0.39, 0.29) is 5.91 Å². The Morgan fingerprint density at radius 2 is 2.17 bits per heavy atom. The third kappa shape index (κ3) is 2.95. The zero-order valence-corrected chi connectivity index (χ0v) is 10.2. The third-order valence-corrected chi connectivity index (χ3v) is 2.71. The van der Waals surface area contributed by atoms with E-state index in [0.717, 1.165) is 11.1 Å². The van der Waals surface area contributed by atoms with Crippen molar-refractivity contribution in [2.45, 2.75) is 19.4 Å². The van der Waals surface area contributed by atoms with Crippen molar-refractivity contribution in [1.29, 1.82) is 0 Å². The number of carbonyl (C=O) groups is 1. The van der Waals surface area contributed by atoms with E-state index in [9.17, 15) is 4.79 Å². The van der Waals surface area contributed by atoms with Gasteiger partial charge in [-0.15, -0.1) is 0 Å². The van der Waals surface area contributed by atoms with Crippen molar-refractivity contribution >= 4 is 11.7 Å². The average molecular weight is 244 g/mol. The smallest absolute Gasteiger partial charge is 0.242 e. The highest BCUT2D eigenvalue weighted by Crippen LogP contribution is 2.09. The van der Waals surface area contributed by atoms with Crippen molar-refractivity contribution in [1.82, 2.24) is 10.2 Å². The predicted octanol–water partition coefficient (Wildman–Crippen LogP) is 1.23. The number of nitrogens with two attached hydrogens (primary N) is 1. The number of aryl methyl sites for hydroxylation is 1. The maximum atomic E-state index is 11.9. The normalized spacial score (nSPS) is 12.1. The second-order valence-corrected chi connectivity index (χ2v) is 4.21. The number of nitrogens with one attached hydrogen (secondary N) is 2. The van der Waals surface area contributed by atoms with E-state index in [1.54, 1.807) is 6.20 Å². The van der Waals surface area contributed by atoms with Crippen molar-refractivity contribution in [2.75, 3.05) is 5.32 Å². The fraction of sp³-hybridized carbons (Fsp3) is 0.231. The Morgan fingerprint density at radius 3 is 2.78 bits per heavy atom. The maximum absolute atomic E-state index is 11.9. The molecule has 94 valence electrons. The number of hydrogen-bond acceptors (Lipinski definition) is 3. The lowest BCUT2D eigenvalue weighted by Gasteiger charge is -2.11. The van der Waals surface area contributed by atoms with Gasteiger partial charge in [0.15, 0.2) is 0 Å².